The normalized spacial score (nSPS) is 20.6. The highest BCUT2D eigenvalue weighted by atomic mass is 16.6. The van der Waals surface area contributed by atoms with Gasteiger partial charge in [-0.15, -0.1) is 0 Å². The average Bonchev–Trinajstić information content (AvgIpc) is 2.30. The maximum atomic E-state index is 11.5. The molecule has 1 aromatic carbocycles. The van der Waals surface area contributed by atoms with Crippen LogP contribution >= 0.6 is 0 Å². The predicted molar refractivity (Wildman–Crippen MR) is 54.3 cm³/mol. The van der Waals surface area contributed by atoms with Crippen LogP contribution in [0.4, 0.5) is 10.5 Å². The van der Waals surface area contributed by atoms with Crippen LogP contribution in [0.2, 0.25) is 0 Å². The number of para-hydroxylation sites is 1. The van der Waals surface area contributed by atoms with Crippen molar-refractivity contribution in [2.75, 3.05) is 11.4 Å². The van der Waals surface area contributed by atoms with Crippen LogP contribution in [-0.4, -0.2) is 18.7 Å². The van der Waals surface area contributed by atoms with Gasteiger partial charge in [-0.3, -0.25) is 4.90 Å². The average molecular weight is 202 g/mol. The molecular weight excluding hydrogens is 192 g/mol. The fourth-order valence-electron chi connectivity index (χ4n) is 1.52. The summed E-state index contributed by atoms with van der Waals surface area (Å²) in [6, 6.07) is 11.2. The Kier molecular flexibility index (Phi) is 2.55. The van der Waals surface area contributed by atoms with Gasteiger partial charge in [0.05, 0.1) is 0 Å². The number of nitrogens with zero attached hydrogens (tertiary/aromatic N) is 2. The van der Waals surface area contributed by atoms with Crippen molar-refractivity contribution in [2.45, 2.75) is 12.5 Å². The Morgan fingerprint density at radius 3 is 2.73 bits per heavy atom. The molecule has 1 fully saturated rings. The summed E-state index contributed by atoms with van der Waals surface area (Å²) in [5.41, 5.74) is 0.805. The molecule has 0 aromatic heterocycles. The third-order valence-corrected chi connectivity index (χ3v) is 2.29. The molecule has 0 spiro atoms. The molecule has 4 heteroatoms. The van der Waals surface area contributed by atoms with E-state index in [0.717, 1.165) is 5.69 Å². The first kappa shape index (κ1) is 9.53. The molecule has 1 atom stereocenters. The van der Waals surface area contributed by atoms with Crippen molar-refractivity contribution < 1.29 is 9.53 Å². The van der Waals surface area contributed by atoms with E-state index >= 15 is 0 Å². The third kappa shape index (κ3) is 1.91. The monoisotopic (exact) mass is 202 g/mol. The van der Waals surface area contributed by atoms with E-state index in [-0.39, 0.29) is 0 Å². The van der Waals surface area contributed by atoms with Gasteiger partial charge in [0.15, 0.2) is 6.10 Å². The first-order valence-electron chi connectivity index (χ1n) is 4.74. The number of rotatable bonds is 1. The topological polar surface area (TPSA) is 53.3 Å². The van der Waals surface area contributed by atoms with Crippen molar-refractivity contribution in [3.63, 3.8) is 0 Å². The predicted octanol–water partition coefficient (Wildman–Crippen LogP) is 1.93. The smallest absolute Gasteiger partial charge is 0.415 e. The maximum Gasteiger partial charge on any atom is 0.415 e. The summed E-state index contributed by atoms with van der Waals surface area (Å²) >= 11 is 0. The van der Waals surface area contributed by atoms with Crippen LogP contribution in [-0.2, 0) is 4.74 Å². The van der Waals surface area contributed by atoms with E-state index in [4.69, 9.17) is 10.00 Å². The number of hydrogen-bond donors (Lipinski definition) is 0. The minimum atomic E-state index is -0.600. The highest BCUT2D eigenvalue weighted by Crippen LogP contribution is 2.20. The summed E-state index contributed by atoms with van der Waals surface area (Å²) in [5.74, 6) is 0. The molecule has 0 aliphatic carbocycles. The molecule has 15 heavy (non-hydrogen) atoms. The van der Waals surface area contributed by atoms with Gasteiger partial charge in [0.1, 0.15) is 6.07 Å². The first-order chi connectivity index (χ1) is 7.31. The van der Waals surface area contributed by atoms with E-state index in [1.54, 1.807) is 0 Å². The van der Waals surface area contributed by atoms with Crippen molar-refractivity contribution in [3.05, 3.63) is 30.3 Å². The van der Waals surface area contributed by atoms with E-state index in [0.29, 0.717) is 13.0 Å². The summed E-state index contributed by atoms with van der Waals surface area (Å²) < 4.78 is 4.93. The third-order valence-electron chi connectivity index (χ3n) is 2.29. The zero-order valence-corrected chi connectivity index (χ0v) is 8.09. The van der Waals surface area contributed by atoms with Gasteiger partial charge in [-0.05, 0) is 12.1 Å². The SMILES string of the molecule is N#CC1CCN(c2ccccc2)C(=O)O1. The standard InChI is InChI=1S/C11H10N2O2/c12-8-10-6-7-13(11(14)15-10)9-4-2-1-3-5-9/h1-5,10H,6-7H2. The summed E-state index contributed by atoms with van der Waals surface area (Å²) in [6.45, 7) is 0.529. The Balaban J connectivity index is 2.14. The molecule has 0 radical (unpaired) electrons. The molecule has 0 bridgehead atoms. The lowest BCUT2D eigenvalue weighted by atomic mass is 10.2. The number of carbonyl (C=O) groups is 1. The quantitative estimate of drug-likeness (QED) is 0.699. The van der Waals surface area contributed by atoms with Crippen LogP contribution < -0.4 is 4.90 Å². The highest BCUT2D eigenvalue weighted by molar-refractivity contribution is 5.88. The number of ether oxygens (including phenoxy) is 1. The lowest BCUT2D eigenvalue weighted by Gasteiger charge is -2.28. The van der Waals surface area contributed by atoms with Crippen molar-refractivity contribution in [1.82, 2.24) is 0 Å². The molecule has 1 amide bonds. The van der Waals surface area contributed by atoms with E-state index < -0.39 is 12.2 Å². The Labute approximate surface area is 87.7 Å². The van der Waals surface area contributed by atoms with E-state index in [1.165, 1.54) is 4.90 Å². The fraction of sp³-hybridized carbons (Fsp3) is 0.273. The fourth-order valence-corrected chi connectivity index (χ4v) is 1.52. The Bertz CT molecular complexity index is 397. The van der Waals surface area contributed by atoms with Crippen molar-refractivity contribution in [1.29, 1.82) is 5.26 Å². The van der Waals surface area contributed by atoms with Gasteiger partial charge in [-0.25, -0.2) is 4.79 Å². The number of benzene rings is 1. The molecule has 0 N–H and O–H groups in total. The molecule has 1 saturated heterocycles. The van der Waals surface area contributed by atoms with Crippen molar-refractivity contribution >= 4 is 11.8 Å². The van der Waals surface area contributed by atoms with Crippen LogP contribution in [0.5, 0.6) is 0 Å². The van der Waals surface area contributed by atoms with Crippen LogP contribution in [0.25, 0.3) is 0 Å². The van der Waals surface area contributed by atoms with E-state index in [2.05, 4.69) is 0 Å². The largest absolute Gasteiger partial charge is 0.430 e. The molecule has 1 aromatic rings. The molecule has 1 aliphatic rings. The van der Waals surface area contributed by atoms with Crippen LogP contribution in [0.3, 0.4) is 0 Å². The van der Waals surface area contributed by atoms with Crippen molar-refractivity contribution in [3.8, 4) is 6.07 Å². The van der Waals surface area contributed by atoms with E-state index in [9.17, 15) is 4.79 Å². The number of amides is 1. The van der Waals surface area contributed by atoms with Gasteiger partial charge in [-0.2, -0.15) is 5.26 Å². The second-order valence-corrected chi connectivity index (χ2v) is 3.28. The Morgan fingerprint density at radius 2 is 2.13 bits per heavy atom. The minimum absolute atomic E-state index is 0.445. The highest BCUT2D eigenvalue weighted by Gasteiger charge is 2.27. The van der Waals surface area contributed by atoms with Gasteiger partial charge < -0.3 is 4.74 Å². The lowest BCUT2D eigenvalue weighted by Crippen LogP contribution is -2.41. The second-order valence-electron chi connectivity index (χ2n) is 3.28. The first-order valence-corrected chi connectivity index (χ1v) is 4.74. The summed E-state index contributed by atoms with van der Waals surface area (Å²) in [4.78, 5) is 13.1. The van der Waals surface area contributed by atoms with Gasteiger partial charge in [0, 0.05) is 18.7 Å². The van der Waals surface area contributed by atoms with Crippen molar-refractivity contribution in [2.24, 2.45) is 0 Å². The number of cyclic esters (lactones) is 1. The van der Waals surface area contributed by atoms with Crippen LogP contribution in [0, 0.1) is 11.3 Å². The van der Waals surface area contributed by atoms with E-state index in [1.807, 2.05) is 36.4 Å². The Hall–Kier alpha value is -2.02. The second kappa shape index (κ2) is 4.01. The minimum Gasteiger partial charge on any atom is -0.430 e. The zero-order valence-electron chi connectivity index (χ0n) is 8.09. The maximum absolute atomic E-state index is 11.5. The molecular formula is C11H10N2O2. The van der Waals surface area contributed by atoms with Gasteiger partial charge in [0.25, 0.3) is 0 Å². The number of nitriles is 1. The summed E-state index contributed by atoms with van der Waals surface area (Å²) in [6.07, 6.45) is -0.492. The number of anilines is 1. The molecule has 2 rings (SSSR count). The van der Waals surface area contributed by atoms with Gasteiger partial charge >= 0.3 is 6.09 Å². The lowest BCUT2D eigenvalue weighted by molar-refractivity contribution is 0.111. The van der Waals surface area contributed by atoms with Crippen LogP contribution in [0.15, 0.2) is 30.3 Å². The van der Waals surface area contributed by atoms with Crippen LogP contribution in [0.1, 0.15) is 6.42 Å². The van der Waals surface area contributed by atoms with Gasteiger partial charge in [0.2, 0.25) is 0 Å². The molecule has 76 valence electrons. The molecule has 1 aliphatic heterocycles. The molecule has 1 heterocycles. The molecule has 1 unspecified atom stereocenters. The zero-order chi connectivity index (χ0) is 10.7. The van der Waals surface area contributed by atoms with Gasteiger partial charge in [-0.1, -0.05) is 18.2 Å². The molecule has 4 nitrogen and oxygen atoms in total. The Morgan fingerprint density at radius 1 is 1.40 bits per heavy atom. The summed E-state index contributed by atoms with van der Waals surface area (Å²) in [5, 5.41) is 8.62. The number of hydrogen-bond acceptors (Lipinski definition) is 3. The summed E-state index contributed by atoms with van der Waals surface area (Å²) in [7, 11) is 0. The number of carbonyl (C=O) groups excluding carboxylic acids is 1. The molecule has 0 saturated carbocycles.